The number of hydrogen-bond donors (Lipinski definition) is 0. The average molecular weight is 385 g/mol. The second-order valence-corrected chi connectivity index (χ2v) is 7.74. The van der Waals surface area contributed by atoms with Crippen LogP contribution in [0.15, 0.2) is 102 Å². The fourth-order valence-electron chi connectivity index (χ4n) is 4.29. The summed E-state index contributed by atoms with van der Waals surface area (Å²) in [5, 5.41) is 4.80. The first-order valence-corrected chi connectivity index (χ1v) is 10.1. The van der Waals surface area contributed by atoms with Gasteiger partial charge in [0.25, 0.3) is 0 Å². The molecule has 30 heavy (non-hydrogen) atoms. The van der Waals surface area contributed by atoms with Gasteiger partial charge in [-0.2, -0.15) is 0 Å². The Morgan fingerprint density at radius 3 is 2.23 bits per heavy atom. The number of fused-ring (bicyclic) bond motifs is 5. The molecule has 0 aliphatic heterocycles. The van der Waals surface area contributed by atoms with E-state index in [0.717, 1.165) is 27.8 Å². The van der Waals surface area contributed by atoms with Crippen LogP contribution in [0.3, 0.4) is 0 Å². The monoisotopic (exact) mass is 385 g/mol. The highest BCUT2D eigenvalue weighted by molar-refractivity contribution is 6.20. The number of benzene rings is 4. The quantitative estimate of drug-likeness (QED) is 0.304. The Morgan fingerprint density at radius 2 is 1.40 bits per heavy atom. The zero-order chi connectivity index (χ0) is 20.1. The summed E-state index contributed by atoms with van der Waals surface area (Å²) in [5.41, 5.74) is 7.58. The molecule has 6 rings (SSSR count). The number of hydrogen-bond acceptors (Lipinski definition) is 2. The van der Waals surface area contributed by atoms with Crippen LogP contribution >= 0.6 is 0 Å². The molecule has 0 radical (unpaired) electrons. The van der Waals surface area contributed by atoms with Crippen molar-refractivity contribution < 1.29 is 4.42 Å². The maximum atomic E-state index is 6.07. The van der Waals surface area contributed by atoms with E-state index in [0.29, 0.717) is 0 Å². The van der Waals surface area contributed by atoms with Gasteiger partial charge in [0.1, 0.15) is 11.2 Å². The van der Waals surface area contributed by atoms with Crippen molar-refractivity contribution in [1.82, 2.24) is 4.98 Å². The van der Waals surface area contributed by atoms with Crippen LogP contribution in [0.2, 0.25) is 0 Å². The number of furan rings is 1. The molecule has 0 bridgehead atoms. The molecule has 2 heterocycles. The number of para-hydroxylation sites is 1. The third kappa shape index (κ3) is 2.61. The summed E-state index contributed by atoms with van der Waals surface area (Å²) < 4.78 is 6.07. The maximum Gasteiger partial charge on any atom is 0.136 e. The fraction of sp³-hybridized carbons (Fsp3) is 0.0357. The Kier molecular flexibility index (Phi) is 3.72. The molecule has 0 aliphatic rings. The predicted molar refractivity (Wildman–Crippen MR) is 125 cm³/mol. The summed E-state index contributed by atoms with van der Waals surface area (Å²) in [6.07, 6.45) is 1.91. The van der Waals surface area contributed by atoms with Crippen LogP contribution < -0.4 is 0 Å². The average Bonchev–Trinajstić information content (AvgIpc) is 3.18. The number of pyridine rings is 1. The van der Waals surface area contributed by atoms with Crippen LogP contribution in [0.1, 0.15) is 5.56 Å². The second kappa shape index (κ2) is 6.57. The van der Waals surface area contributed by atoms with Gasteiger partial charge in [0, 0.05) is 22.5 Å². The minimum absolute atomic E-state index is 0.931. The molecule has 0 saturated heterocycles. The summed E-state index contributed by atoms with van der Waals surface area (Å²) in [6.45, 7) is 2.06. The van der Waals surface area contributed by atoms with Gasteiger partial charge in [0.05, 0.1) is 5.69 Å². The molecular formula is C28H19NO. The van der Waals surface area contributed by atoms with Gasteiger partial charge >= 0.3 is 0 Å². The van der Waals surface area contributed by atoms with E-state index in [1.54, 1.807) is 0 Å². The Morgan fingerprint density at radius 1 is 0.600 bits per heavy atom. The molecule has 0 atom stereocenters. The minimum Gasteiger partial charge on any atom is -0.456 e. The van der Waals surface area contributed by atoms with E-state index in [2.05, 4.69) is 90.8 Å². The lowest BCUT2D eigenvalue weighted by atomic mass is 9.95. The molecule has 2 heteroatoms. The van der Waals surface area contributed by atoms with Gasteiger partial charge in [-0.3, -0.25) is 4.98 Å². The molecule has 0 fully saturated rings. The lowest BCUT2D eigenvalue weighted by molar-refractivity contribution is 0.669. The van der Waals surface area contributed by atoms with Crippen molar-refractivity contribution in [3.8, 4) is 22.4 Å². The normalized spacial score (nSPS) is 11.5. The maximum absolute atomic E-state index is 6.07. The van der Waals surface area contributed by atoms with E-state index in [1.807, 2.05) is 18.3 Å². The minimum atomic E-state index is 0.931. The van der Waals surface area contributed by atoms with Crippen LogP contribution in [-0.2, 0) is 0 Å². The number of aromatic nitrogens is 1. The molecule has 0 unspecified atom stereocenters. The second-order valence-electron chi connectivity index (χ2n) is 7.74. The Hall–Kier alpha value is -3.91. The first kappa shape index (κ1) is 17.0. The van der Waals surface area contributed by atoms with Crippen LogP contribution in [0.5, 0.6) is 0 Å². The van der Waals surface area contributed by atoms with Gasteiger partial charge in [-0.15, -0.1) is 0 Å². The van der Waals surface area contributed by atoms with Crippen molar-refractivity contribution >= 4 is 32.7 Å². The van der Waals surface area contributed by atoms with Crippen LogP contribution in [0, 0.1) is 6.92 Å². The highest BCUT2D eigenvalue weighted by atomic mass is 16.3. The lowest BCUT2D eigenvalue weighted by Gasteiger charge is -2.09. The highest BCUT2D eigenvalue weighted by Gasteiger charge is 2.12. The van der Waals surface area contributed by atoms with Crippen LogP contribution in [0.25, 0.3) is 55.1 Å². The third-order valence-corrected chi connectivity index (χ3v) is 5.80. The van der Waals surface area contributed by atoms with Gasteiger partial charge in [0.2, 0.25) is 0 Å². The van der Waals surface area contributed by atoms with Crippen molar-refractivity contribution in [1.29, 1.82) is 0 Å². The Bertz CT molecular complexity index is 1520. The van der Waals surface area contributed by atoms with Gasteiger partial charge in [0.15, 0.2) is 0 Å². The van der Waals surface area contributed by atoms with E-state index in [4.69, 9.17) is 4.42 Å². The van der Waals surface area contributed by atoms with Gasteiger partial charge in [-0.25, -0.2) is 0 Å². The van der Waals surface area contributed by atoms with Crippen molar-refractivity contribution in [3.63, 3.8) is 0 Å². The molecule has 0 aliphatic carbocycles. The van der Waals surface area contributed by atoms with Gasteiger partial charge in [-0.1, -0.05) is 72.8 Å². The lowest BCUT2D eigenvalue weighted by Crippen LogP contribution is -1.86. The van der Waals surface area contributed by atoms with E-state index in [-0.39, 0.29) is 0 Å². The van der Waals surface area contributed by atoms with Crippen molar-refractivity contribution in [2.75, 3.05) is 0 Å². The van der Waals surface area contributed by atoms with Crippen LogP contribution in [0.4, 0.5) is 0 Å². The van der Waals surface area contributed by atoms with E-state index in [9.17, 15) is 0 Å². The highest BCUT2D eigenvalue weighted by Crippen LogP contribution is 2.38. The van der Waals surface area contributed by atoms with E-state index < -0.39 is 0 Å². The molecule has 4 aromatic carbocycles. The summed E-state index contributed by atoms with van der Waals surface area (Å²) in [6, 6.07) is 31.9. The zero-order valence-corrected chi connectivity index (χ0v) is 16.6. The Balaban J connectivity index is 1.52. The van der Waals surface area contributed by atoms with Crippen LogP contribution in [-0.4, -0.2) is 4.98 Å². The first-order chi connectivity index (χ1) is 14.8. The molecule has 0 N–H and O–H groups in total. The molecule has 2 nitrogen and oxygen atoms in total. The van der Waals surface area contributed by atoms with Crippen molar-refractivity contribution in [3.05, 3.63) is 103 Å². The number of aryl methyl sites for hydroxylation is 1. The Labute approximate surface area is 174 Å². The standard InChI is InChI=1S/C28H19NO/c1-18-9-15-25(29-17-18)20-12-10-19(11-13-20)21-6-4-7-23-22(21)14-16-27-28(23)24-5-2-3-8-26(24)30-27/h2-17H,1H3. The summed E-state index contributed by atoms with van der Waals surface area (Å²) in [4.78, 5) is 4.55. The van der Waals surface area contributed by atoms with Crippen molar-refractivity contribution in [2.45, 2.75) is 6.92 Å². The molecule has 0 amide bonds. The SMILES string of the molecule is Cc1ccc(-c2ccc(-c3cccc4c3ccc3oc5ccccc5c34)cc2)nc1. The van der Waals surface area contributed by atoms with Crippen molar-refractivity contribution in [2.24, 2.45) is 0 Å². The number of rotatable bonds is 2. The van der Waals surface area contributed by atoms with Gasteiger partial charge < -0.3 is 4.42 Å². The van der Waals surface area contributed by atoms with Gasteiger partial charge in [-0.05, 0) is 52.6 Å². The number of nitrogens with zero attached hydrogens (tertiary/aromatic N) is 1. The van der Waals surface area contributed by atoms with E-state index >= 15 is 0 Å². The predicted octanol–water partition coefficient (Wildman–Crippen LogP) is 7.78. The molecule has 6 aromatic rings. The summed E-state index contributed by atoms with van der Waals surface area (Å²) in [5.74, 6) is 0. The smallest absolute Gasteiger partial charge is 0.136 e. The van der Waals surface area contributed by atoms with E-state index in [1.165, 1.54) is 32.8 Å². The molecule has 0 saturated carbocycles. The molecule has 142 valence electrons. The molecule has 0 spiro atoms. The summed E-state index contributed by atoms with van der Waals surface area (Å²) >= 11 is 0. The fourth-order valence-corrected chi connectivity index (χ4v) is 4.29. The first-order valence-electron chi connectivity index (χ1n) is 10.1. The largest absolute Gasteiger partial charge is 0.456 e. The third-order valence-electron chi connectivity index (χ3n) is 5.80. The topological polar surface area (TPSA) is 26.0 Å². The summed E-state index contributed by atoms with van der Waals surface area (Å²) in [7, 11) is 0. The molecular weight excluding hydrogens is 366 g/mol. The zero-order valence-electron chi connectivity index (χ0n) is 16.6. The molecule has 2 aromatic heterocycles.